The molecule has 144 valence electrons. The van der Waals surface area contributed by atoms with E-state index < -0.39 is 5.60 Å². The number of hydrogen-bond donors (Lipinski definition) is 2. The molecule has 1 amide bonds. The third-order valence-electron chi connectivity index (χ3n) is 3.65. The third kappa shape index (κ3) is 6.09. The van der Waals surface area contributed by atoms with Crippen molar-refractivity contribution in [3.63, 3.8) is 0 Å². The number of rotatable bonds is 5. The van der Waals surface area contributed by atoms with Crippen LogP contribution in [-0.2, 0) is 11.3 Å². The number of aromatic nitrogens is 1. The first kappa shape index (κ1) is 19.8. The second-order valence-corrected chi connectivity index (χ2v) is 7.13. The summed E-state index contributed by atoms with van der Waals surface area (Å²) in [6.45, 7) is 10.1. The second kappa shape index (κ2) is 8.73. The van der Waals surface area contributed by atoms with Crippen molar-refractivity contribution in [3.05, 3.63) is 23.9 Å². The second-order valence-electron chi connectivity index (χ2n) is 7.13. The fourth-order valence-corrected chi connectivity index (χ4v) is 2.39. The lowest BCUT2D eigenvalue weighted by molar-refractivity contribution is 0.00701. The van der Waals surface area contributed by atoms with Gasteiger partial charge in [0, 0.05) is 31.9 Å². The number of ether oxygens (including phenoxy) is 2. The number of carbonyl (C=O) groups is 1. The molecular weight excluding hydrogens is 334 g/mol. The number of guanidine groups is 1. The Morgan fingerprint density at radius 3 is 2.77 bits per heavy atom. The average Bonchev–Trinajstić information content (AvgIpc) is 2.53. The Morgan fingerprint density at radius 1 is 1.42 bits per heavy atom. The molecule has 0 atom stereocenters. The highest BCUT2D eigenvalue weighted by Gasteiger charge is 2.34. The van der Waals surface area contributed by atoms with Crippen molar-refractivity contribution < 1.29 is 14.3 Å². The Bertz CT molecular complexity index is 636. The van der Waals surface area contributed by atoms with Gasteiger partial charge in [0.15, 0.2) is 5.96 Å². The van der Waals surface area contributed by atoms with Crippen molar-refractivity contribution in [3.8, 4) is 5.88 Å². The van der Waals surface area contributed by atoms with E-state index in [1.54, 1.807) is 18.2 Å². The van der Waals surface area contributed by atoms with Gasteiger partial charge in [-0.3, -0.25) is 0 Å². The van der Waals surface area contributed by atoms with Crippen LogP contribution in [0.25, 0.3) is 0 Å². The van der Waals surface area contributed by atoms with E-state index in [0.717, 1.165) is 18.1 Å². The van der Waals surface area contributed by atoms with E-state index in [4.69, 9.17) is 9.47 Å². The highest BCUT2D eigenvalue weighted by atomic mass is 16.6. The molecule has 0 radical (unpaired) electrons. The zero-order valence-electron chi connectivity index (χ0n) is 16.2. The molecule has 1 aromatic rings. The Morgan fingerprint density at radius 2 is 2.15 bits per heavy atom. The molecule has 1 aliphatic rings. The number of hydrogen-bond acceptors (Lipinski definition) is 5. The van der Waals surface area contributed by atoms with Gasteiger partial charge in [0.25, 0.3) is 0 Å². The largest absolute Gasteiger partial charge is 0.481 e. The molecule has 8 heteroatoms. The zero-order valence-corrected chi connectivity index (χ0v) is 16.2. The van der Waals surface area contributed by atoms with E-state index >= 15 is 0 Å². The van der Waals surface area contributed by atoms with Gasteiger partial charge in [-0.15, -0.1) is 0 Å². The van der Waals surface area contributed by atoms with Gasteiger partial charge in [-0.1, -0.05) is 0 Å². The van der Waals surface area contributed by atoms with Crippen LogP contribution in [0.5, 0.6) is 5.88 Å². The maximum absolute atomic E-state index is 12.0. The highest BCUT2D eigenvalue weighted by molar-refractivity contribution is 5.80. The van der Waals surface area contributed by atoms with Crippen molar-refractivity contribution in [2.24, 2.45) is 4.99 Å². The summed E-state index contributed by atoms with van der Waals surface area (Å²) in [4.78, 5) is 22.3. The SMILES string of the molecule is CCNC(=NCc1ccnc(OC)c1)NC1CN(C(=O)OC(C)(C)C)C1. The summed E-state index contributed by atoms with van der Waals surface area (Å²) in [5, 5.41) is 6.56. The first-order valence-electron chi connectivity index (χ1n) is 8.82. The van der Waals surface area contributed by atoms with Gasteiger partial charge in [0.2, 0.25) is 5.88 Å². The van der Waals surface area contributed by atoms with E-state index in [-0.39, 0.29) is 12.1 Å². The molecule has 1 aromatic heterocycles. The first-order chi connectivity index (χ1) is 12.3. The van der Waals surface area contributed by atoms with E-state index in [1.165, 1.54) is 0 Å². The summed E-state index contributed by atoms with van der Waals surface area (Å²) < 4.78 is 10.5. The maximum atomic E-state index is 12.0. The Kier molecular flexibility index (Phi) is 6.65. The molecule has 0 aromatic carbocycles. The highest BCUT2D eigenvalue weighted by Crippen LogP contribution is 2.15. The predicted molar refractivity (Wildman–Crippen MR) is 100 cm³/mol. The number of nitrogens with one attached hydrogen (secondary N) is 2. The molecule has 26 heavy (non-hydrogen) atoms. The van der Waals surface area contributed by atoms with Crippen molar-refractivity contribution >= 4 is 12.1 Å². The zero-order chi connectivity index (χ0) is 19.2. The van der Waals surface area contributed by atoms with Crippen LogP contribution >= 0.6 is 0 Å². The number of aliphatic imine (C=N–C) groups is 1. The van der Waals surface area contributed by atoms with Crippen molar-refractivity contribution in [1.29, 1.82) is 0 Å². The molecule has 0 saturated carbocycles. The van der Waals surface area contributed by atoms with E-state index in [9.17, 15) is 4.79 Å². The lowest BCUT2D eigenvalue weighted by atomic mass is 10.1. The Balaban J connectivity index is 1.86. The summed E-state index contributed by atoms with van der Waals surface area (Å²) in [6.07, 6.45) is 1.43. The van der Waals surface area contributed by atoms with Crippen LogP contribution < -0.4 is 15.4 Å². The average molecular weight is 363 g/mol. The minimum Gasteiger partial charge on any atom is -0.481 e. The Labute approximate surface area is 155 Å². The summed E-state index contributed by atoms with van der Waals surface area (Å²) in [6, 6.07) is 3.93. The number of likely N-dealkylation sites (tertiary alicyclic amines) is 1. The molecule has 0 aliphatic carbocycles. The monoisotopic (exact) mass is 363 g/mol. The molecule has 1 saturated heterocycles. The van der Waals surface area contributed by atoms with Crippen LogP contribution in [0.3, 0.4) is 0 Å². The van der Waals surface area contributed by atoms with Crippen LogP contribution in [0.1, 0.15) is 33.3 Å². The number of amides is 1. The molecule has 0 spiro atoms. The van der Waals surface area contributed by atoms with Crippen molar-refractivity contribution in [1.82, 2.24) is 20.5 Å². The molecule has 0 bridgehead atoms. The Hall–Kier alpha value is -2.51. The van der Waals surface area contributed by atoms with Crippen LogP contribution in [0.4, 0.5) is 4.79 Å². The molecule has 2 heterocycles. The van der Waals surface area contributed by atoms with Crippen LogP contribution in [0.15, 0.2) is 23.3 Å². The van der Waals surface area contributed by atoms with Gasteiger partial charge >= 0.3 is 6.09 Å². The quantitative estimate of drug-likeness (QED) is 0.612. The van der Waals surface area contributed by atoms with Gasteiger partial charge in [-0.25, -0.2) is 14.8 Å². The van der Waals surface area contributed by atoms with Crippen molar-refractivity contribution in [2.45, 2.75) is 45.9 Å². The van der Waals surface area contributed by atoms with Crippen molar-refractivity contribution in [2.75, 3.05) is 26.7 Å². The van der Waals surface area contributed by atoms with E-state index in [0.29, 0.717) is 25.5 Å². The fraction of sp³-hybridized carbons (Fsp3) is 0.611. The summed E-state index contributed by atoms with van der Waals surface area (Å²) >= 11 is 0. The van der Waals surface area contributed by atoms with Gasteiger partial charge < -0.3 is 25.0 Å². The number of pyridine rings is 1. The molecular formula is C18H29N5O3. The van der Waals surface area contributed by atoms with Crippen LogP contribution in [0, 0.1) is 0 Å². The normalized spacial score (nSPS) is 15.3. The van der Waals surface area contributed by atoms with E-state index in [2.05, 4.69) is 20.6 Å². The number of carbonyl (C=O) groups excluding carboxylic acids is 1. The van der Waals surface area contributed by atoms with Gasteiger partial charge in [-0.2, -0.15) is 0 Å². The molecule has 1 fully saturated rings. The van der Waals surface area contributed by atoms with Gasteiger partial charge in [0.1, 0.15) is 5.60 Å². The lowest BCUT2D eigenvalue weighted by Crippen LogP contribution is -2.63. The van der Waals surface area contributed by atoms with E-state index in [1.807, 2.05) is 39.8 Å². The summed E-state index contributed by atoms with van der Waals surface area (Å²) in [5.74, 6) is 1.29. The standard InChI is InChI=1S/C18H29N5O3/c1-6-19-16(21-10-13-7-8-20-15(9-13)25-5)22-14-11-23(12-14)17(24)26-18(2,3)4/h7-9,14H,6,10-12H2,1-5H3,(H2,19,21,22). The molecule has 0 unspecified atom stereocenters. The number of methoxy groups -OCH3 is 1. The summed E-state index contributed by atoms with van der Waals surface area (Å²) in [5.41, 5.74) is 0.537. The predicted octanol–water partition coefficient (Wildman–Crippen LogP) is 1.76. The third-order valence-corrected chi connectivity index (χ3v) is 3.65. The molecule has 8 nitrogen and oxygen atoms in total. The van der Waals surface area contributed by atoms with Crippen LogP contribution in [0.2, 0.25) is 0 Å². The smallest absolute Gasteiger partial charge is 0.410 e. The molecule has 1 aliphatic heterocycles. The topological polar surface area (TPSA) is 88.1 Å². The van der Waals surface area contributed by atoms with Gasteiger partial charge in [0.05, 0.1) is 19.7 Å². The number of nitrogens with zero attached hydrogens (tertiary/aromatic N) is 3. The first-order valence-corrected chi connectivity index (χ1v) is 8.82. The minimum atomic E-state index is -0.475. The summed E-state index contributed by atoms with van der Waals surface area (Å²) in [7, 11) is 1.59. The molecule has 2 N–H and O–H groups in total. The fourth-order valence-electron chi connectivity index (χ4n) is 2.39. The lowest BCUT2D eigenvalue weighted by Gasteiger charge is -2.40. The molecule has 2 rings (SSSR count). The maximum Gasteiger partial charge on any atom is 0.410 e. The van der Waals surface area contributed by atoms with Gasteiger partial charge in [-0.05, 0) is 39.3 Å². The van der Waals surface area contributed by atoms with Crippen LogP contribution in [-0.4, -0.2) is 60.3 Å². The minimum absolute atomic E-state index is 0.160.